The molecule has 0 saturated carbocycles. The molecule has 1 aromatic rings. The van der Waals surface area contributed by atoms with E-state index in [1.165, 1.54) is 6.33 Å². The fourth-order valence-corrected chi connectivity index (χ4v) is 2.94. The van der Waals surface area contributed by atoms with Crippen LogP contribution in [0.3, 0.4) is 0 Å². The Morgan fingerprint density at radius 1 is 1.27 bits per heavy atom. The monoisotopic (exact) mass is 305 g/mol. The van der Waals surface area contributed by atoms with E-state index in [0.717, 1.165) is 38.2 Å². The number of hydrogen-bond acceptors (Lipinski definition) is 6. The van der Waals surface area contributed by atoms with Crippen molar-refractivity contribution in [2.45, 2.75) is 25.0 Å². The lowest BCUT2D eigenvalue weighted by atomic mass is 10.1. The first kappa shape index (κ1) is 15.2. The first-order chi connectivity index (χ1) is 10.7. The number of carbonyl (C=O) groups excluding carboxylic acids is 1. The zero-order valence-electron chi connectivity index (χ0n) is 12.9. The molecular weight excluding hydrogens is 282 g/mol. The van der Waals surface area contributed by atoms with E-state index in [0.29, 0.717) is 13.2 Å². The summed E-state index contributed by atoms with van der Waals surface area (Å²) >= 11 is 0. The van der Waals surface area contributed by atoms with E-state index in [-0.39, 0.29) is 11.9 Å². The Hall–Kier alpha value is -1.73. The van der Waals surface area contributed by atoms with E-state index >= 15 is 0 Å². The summed E-state index contributed by atoms with van der Waals surface area (Å²) in [5.41, 5.74) is 0.933. The molecule has 7 heteroatoms. The van der Waals surface area contributed by atoms with Crippen LogP contribution < -0.4 is 10.2 Å². The summed E-state index contributed by atoms with van der Waals surface area (Å²) in [5.74, 6) is -0.00361. The Morgan fingerprint density at radius 2 is 2.00 bits per heavy atom. The number of hydrogen-bond donors (Lipinski definition) is 1. The molecule has 2 fully saturated rings. The summed E-state index contributed by atoms with van der Waals surface area (Å²) in [6.45, 7) is 3.91. The lowest BCUT2D eigenvalue weighted by Crippen LogP contribution is -2.53. The van der Waals surface area contributed by atoms with Gasteiger partial charge in [0.25, 0.3) is 5.91 Å². The van der Waals surface area contributed by atoms with Gasteiger partial charge in [-0.1, -0.05) is 0 Å². The van der Waals surface area contributed by atoms with Gasteiger partial charge >= 0.3 is 0 Å². The average Bonchev–Trinajstić information content (AvgIpc) is 2.58. The lowest BCUT2D eigenvalue weighted by Gasteiger charge is -2.35. The first-order valence-corrected chi connectivity index (χ1v) is 7.83. The lowest BCUT2D eigenvalue weighted by molar-refractivity contribution is -0.134. The molecule has 0 aromatic carbocycles. The maximum Gasteiger partial charge on any atom is 0.251 e. The quantitative estimate of drug-likeness (QED) is 0.840. The van der Waals surface area contributed by atoms with Crippen molar-refractivity contribution in [1.82, 2.24) is 20.2 Å². The van der Waals surface area contributed by atoms with Crippen molar-refractivity contribution in [3.05, 3.63) is 18.7 Å². The topological polar surface area (TPSA) is 70.6 Å². The zero-order valence-corrected chi connectivity index (χ0v) is 12.9. The molecule has 2 saturated heterocycles. The molecule has 22 heavy (non-hydrogen) atoms. The van der Waals surface area contributed by atoms with Gasteiger partial charge in [0.1, 0.15) is 6.33 Å². The highest BCUT2D eigenvalue weighted by molar-refractivity contribution is 5.82. The van der Waals surface area contributed by atoms with Crippen molar-refractivity contribution < 1.29 is 9.53 Å². The highest BCUT2D eigenvalue weighted by atomic mass is 16.5. The number of anilines is 1. The molecule has 1 atom stereocenters. The van der Waals surface area contributed by atoms with Crippen molar-refractivity contribution in [2.24, 2.45) is 0 Å². The largest absolute Gasteiger partial charge is 0.365 e. The van der Waals surface area contributed by atoms with Crippen molar-refractivity contribution in [3.63, 3.8) is 0 Å². The average molecular weight is 305 g/mol. The van der Waals surface area contributed by atoms with Gasteiger partial charge in [0.2, 0.25) is 0 Å². The first-order valence-electron chi connectivity index (χ1n) is 7.83. The molecule has 0 bridgehead atoms. The van der Waals surface area contributed by atoms with E-state index in [2.05, 4.69) is 32.1 Å². The molecule has 0 spiro atoms. The molecule has 2 aliphatic heterocycles. The van der Waals surface area contributed by atoms with Crippen molar-refractivity contribution in [2.75, 3.05) is 44.7 Å². The molecule has 3 rings (SSSR count). The summed E-state index contributed by atoms with van der Waals surface area (Å²) in [6, 6.07) is 0.266. The SMILES string of the molecule is CN1CCC(NC(=O)[C@@H]2CN(c3cncnc3)CCO2)CC1. The minimum absolute atomic E-state index is 0.00361. The van der Waals surface area contributed by atoms with Gasteiger partial charge in [0.05, 0.1) is 31.2 Å². The number of amides is 1. The Bertz CT molecular complexity index is 490. The summed E-state index contributed by atoms with van der Waals surface area (Å²) in [7, 11) is 2.11. The fraction of sp³-hybridized carbons (Fsp3) is 0.667. The molecule has 3 heterocycles. The Balaban J connectivity index is 1.54. The number of aromatic nitrogens is 2. The van der Waals surface area contributed by atoms with Crippen LogP contribution in [0, 0.1) is 0 Å². The van der Waals surface area contributed by atoms with Gasteiger partial charge in [0, 0.05) is 12.6 Å². The summed E-state index contributed by atoms with van der Waals surface area (Å²) in [6.07, 6.45) is 6.63. The Labute approximate surface area is 130 Å². The summed E-state index contributed by atoms with van der Waals surface area (Å²) in [4.78, 5) is 24.9. The number of rotatable bonds is 3. The van der Waals surface area contributed by atoms with Gasteiger partial charge in [0.15, 0.2) is 6.10 Å². The molecular formula is C15H23N5O2. The second-order valence-electron chi connectivity index (χ2n) is 5.99. The zero-order chi connectivity index (χ0) is 15.4. The third-order valence-corrected chi connectivity index (χ3v) is 4.34. The van der Waals surface area contributed by atoms with Crippen LogP contribution in [0.1, 0.15) is 12.8 Å². The molecule has 1 N–H and O–H groups in total. The van der Waals surface area contributed by atoms with Crippen molar-refractivity contribution in [3.8, 4) is 0 Å². The minimum atomic E-state index is -0.423. The second-order valence-corrected chi connectivity index (χ2v) is 5.99. The smallest absolute Gasteiger partial charge is 0.251 e. The van der Waals surface area contributed by atoms with Crippen LogP contribution in [0.5, 0.6) is 0 Å². The fourth-order valence-electron chi connectivity index (χ4n) is 2.94. The van der Waals surface area contributed by atoms with Crippen molar-refractivity contribution in [1.29, 1.82) is 0 Å². The van der Waals surface area contributed by atoms with Gasteiger partial charge in [-0.25, -0.2) is 9.97 Å². The van der Waals surface area contributed by atoms with Gasteiger partial charge in [-0.15, -0.1) is 0 Å². The minimum Gasteiger partial charge on any atom is -0.365 e. The number of morpholine rings is 1. The van der Waals surface area contributed by atoms with Crippen LogP contribution in [0.2, 0.25) is 0 Å². The van der Waals surface area contributed by atoms with E-state index in [9.17, 15) is 4.79 Å². The normalized spacial score (nSPS) is 24.2. The predicted molar refractivity (Wildman–Crippen MR) is 82.6 cm³/mol. The van der Waals surface area contributed by atoms with Gasteiger partial charge in [-0.2, -0.15) is 0 Å². The molecule has 1 amide bonds. The van der Waals surface area contributed by atoms with Crippen LogP contribution in [0.25, 0.3) is 0 Å². The number of nitrogens with one attached hydrogen (secondary N) is 1. The Morgan fingerprint density at radius 3 is 2.73 bits per heavy atom. The molecule has 2 aliphatic rings. The van der Waals surface area contributed by atoms with Gasteiger partial charge < -0.3 is 19.9 Å². The van der Waals surface area contributed by atoms with E-state index in [1.807, 2.05) is 0 Å². The van der Waals surface area contributed by atoms with E-state index in [4.69, 9.17) is 4.74 Å². The maximum absolute atomic E-state index is 12.4. The summed E-state index contributed by atoms with van der Waals surface area (Å²) in [5, 5.41) is 3.13. The molecule has 120 valence electrons. The number of piperidine rings is 1. The van der Waals surface area contributed by atoms with Gasteiger partial charge in [-0.3, -0.25) is 4.79 Å². The van der Waals surface area contributed by atoms with Crippen LogP contribution >= 0.6 is 0 Å². The molecule has 0 unspecified atom stereocenters. The third kappa shape index (κ3) is 3.72. The third-order valence-electron chi connectivity index (χ3n) is 4.34. The highest BCUT2D eigenvalue weighted by Gasteiger charge is 2.29. The number of nitrogens with zero attached hydrogens (tertiary/aromatic N) is 4. The van der Waals surface area contributed by atoms with E-state index in [1.54, 1.807) is 12.4 Å². The standard InChI is InChI=1S/C15H23N5O2/c1-19-4-2-12(3-5-19)18-15(21)14-10-20(6-7-22-14)13-8-16-11-17-9-13/h8-9,11-12,14H,2-7,10H2,1H3,(H,18,21)/t14-/m0/s1. The Kier molecular flexibility index (Phi) is 4.84. The molecule has 7 nitrogen and oxygen atoms in total. The molecule has 1 aromatic heterocycles. The highest BCUT2D eigenvalue weighted by Crippen LogP contribution is 2.16. The molecule has 0 aliphatic carbocycles. The number of carbonyl (C=O) groups is 1. The van der Waals surface area contributed by atoms with Gasteiger partial charge in [-0.05, 0) is 33.0 Å². The van der Waals surface area contributed by atoms with E-state index < -0.39 is 6.10 Å². The van der Waals surface area contributed by atoms with Crippen LogP contribution in [-0.4, -0.2) is 72.8 Å². The maximum atomic E-state index is 12.4. The van der Waals surface area contributed by atoms with Crippen LogP contribution in [-0.2, 0) is 9.53 Å². The van der Waals surface area contributed by atoms with Crippen LogP contribution in [0.15, 0.2) is 18.7 Å². The second kappa shape index (κ2) is 7.02. The number of ether oxygens (including phenoxy) is 1. The van der Waals surface area contributed by atoms with Crippen LogP contribution in [0.4, 0.5) is 5.69 Å². The predicted octanol–water partition coefficient (Wildman–Crippen LogP) is -0.108. The number of likely N-dealkylation sites (tertiary alicyclic amines) is 1. The summed E-state index contributed by atoms with van der Waals surface area (Å²) < 4.78 is 5.65. The van der Waals surface area contributed by atoms with Crippen molar-refractivity contribution >= 4 is 11.6 Å². The molecule has 0 radical (unpaired) electrons.